The van der Waals surface area contributed by atoms with Crippen LogP contribution in [0.15, 0.2) is 16.1 Å². The van der Waals surface area contributed by atoms with Crippen LogP contribution >= 0.6 is 11.8 Å². The summed E-state index contributed by atoms with van der Waals surface area (Å²) in [4.78, 5) is 19.2. The van der Waals surface area contributed by atoms with Crippen molar-refractivity contribution in [1.82, 2.24) is 19.7 Å². The fourth-order valence-electron chi connectivity index (χ4n) is 1.84. The zero-order valence-electron chi connectivity index (χ0n) is 12.2. The largest absolute Gasteiger partial charge is 0.354 e. The Bertz CT molecular complexity index is 685. The highest BCUT2D eigenvalue weighted by molar-refractivity contribution is 7.99. The smallest absolute Gasteiger partial charge is 0.322 e. The average molecular weight is 308 g/mol. The molecule has 0 bridgehead atoms. The van der Waals surface area contributed by atoms with E-state index >= 15 is 0 Å². The lowest BCUT2D eigenvalue weighted by atomic mass is 10.4. The zero-order valence-corrected chi connectivity index (χ0v) is 13.1. The lowest BCUT2D eigenvalue weighted by molar-refractivity contribution is -0.389. The van der Waals surface area contributed by atoms with E-state index in [0.29, 0.717) is 23.2 Å². The molecule has 0 aliphatic rings. The van der Waals surface area contributed by atoms with E-state index in [0.717, 1.165) is 10.7 Å². The molecule has 8 nitrogen and oxygen atoms in total. The fraction of sp³-hybridized carbons (Fsp3) is 0.417. The van der Waals surface area contributed by atoms with Crippen LogP contribution in [0.4, 0.5) is 11.6 Å². The number of aromatic nitrogens is 4. The first-order chi connectivity index (χ1) is 9.92. The van der Waals surface area contributed by atoms with Crippen LogP contribution < -0.4 is 5.32 Å². The van der Waals surface area contributed by atoms with E-state index in [9.17, 15) is 10.1 Å². The summed E-state index contributed by atoms with van der Waals surface area (Å²) in [5.74, 6) is 0.391. The van der Waals surface area contributed by atoms with Crippen molar-refractivity contribution in [2.45, 2.75) is 30.8 Å². The lowest BCUT2D eigenvalue weighted by Gasteiger charge is -2.07. The predicted octanol–water partition coefficient (Wildman–Crippen LogP) is 2.32. The van der Waals surface area contributed by atoms with E-state index in [-0.39, 0.29) is 5.69 Å². The van der Waals surface area contributed by atoms with Crippen molar-refractivity contribution in [2.75, 3.05) is 11.9 Å². The number of anilines is 1. The predicted molar refractivity (Wildman–Crippen MR) is 79.7 cm³/mol. The number of hydrogen-bond donors (Lipinski definition) is 1. The molecule has 0 aliphatic heterocycles. The van der Waals surface area contributed by atoms with Crippen LogP contribution in [-0.4, -0.2) is 31.2 Å². The van der Waals surface area contributed by atoms with Gasteiger partial charge < -0.3 is 5.32 Å². The van der Waals surface area contributed by atoms with Crippen LogP contribution in [0, 0.1) is 24.0 Å². The molecule has 2 rings (SSSR count). The van der Waals surface area contributed by atoms with Crippen molar-refractivity contribution in [3.05, 3.63) is 27.6 Å². The van der Waals surface area contributed by atoms with Gasteiger partial charge in [0.2, 0.25) is 5.95 Å². The van der Waals surface area contributed by atoms with Gasteiger partial charge in [0.25, 0.3) is 0 Å². The fourth-order valence-corrected chi connectivity index (χ4v) is 2.89. The monoisotopic (exact) mass is 308 g/mol. The first kappa shape index (κ1) is 15.2. The quantitative estimate of drug-likeness (QED) is 0.514. The summed E-state index contributed by atoms with van der Waals surface area (Å²) in [6.07, 6.45) is 0. The van der Waals surface area contributed by atoms with Gasteiger partial charge in [0, 0.05) is 13.6 Å². The van der Waals surface area contributed by atoms with Crippen LogP contribution in [0.5, 0.6) is 0 Å². The van der Waals surface area contributed by atoms with Crippen molar-refractivity contribution in [3.63, 3.8) is 0 Å². The van der Waals surface area contributed by atoms with Crippen molar-refractivity contribution < 1.29 is 4.92 Å². The molecule has 0 aromatic carbocycles. The van der Waals surface area contributed by atoms with Crippen molar-refractivity contribution >= 4 is 23.4 Å². The standard InChI is InChI=1S/C12H16N6O2S/c1-5-13-12-14-8(3)10(18(19)20)11(15-12)21-9-6-7(2)16-17(9)4/h6H,5H2,1-4H3,(H,13,14,15). The first-order valence-electron chi connectivity index (χ1n) is 6.37. The normalized spacial score (nSPS) is 10.7. The number of hydrogen-bond acceptors (Lipinski definition) is 7. The number of nitrogens with zero attached hydrogens (tertiary/aromatic N) is 5. The highest BCUT2D eigenvalue weighted by Gasteiger charge is 2.23. The third-order valence-electron chi connectivity index (χ3n) is 2.70. The molecule has 0 fully saturated rings. The van der Waals surface area contributed by atoms with Gasteiger partial charge in [-0.15, -0.1) is 0 Å². The topological polar surface area (TPSA) is 98.8 Å². The van der Waals surface area contributed by atoms with E-state index in [1.165, 1.54) is 11.8 Å². The second-order valence-electron chi connectivity index (χ2n) is 4.42. The molecule has 2 heterocycles. The van der Waals surface area contributed by atoms with Crippen LogP contribution in [0.1, 0.15) is 18.3 Å². The molecule has 2 aromatic heterocycles. The molecule has 0 amide bonds. The van der Waals surface area contributed by atoms with Gasteiger partial charge in [0.05, 0.1) is 10.6 Å². The summed E-state index contributed by atoms with van der Waals surface area (Å²) in [6, 6.07) is 1.86. The Morgan fingerprint density at radius 1 is 1.43 bits per heavy atom. The highest BCUT2D eigenvalue weighted by atomic mass is 32.2. The molecule has 0 unspecified atom stereocenters. The molecule has 0 spiro atoms. The number of rotatable bonds is 5. The van der Waals surface area contributed by atoms with Gasteiger partial charge in [-0.1, -0.05) is 0 Å². The van der Waals surface area contributed by atoms with Gasteiger partial charge in [-0.05, 0) is 38.6 Å². The SMILES string of the molecule is CCNc1nc(C)c([N+](=O)[O-])c(Sc2cc(C)nn2C)n1. The molecule has 9 heteroatoms. The molecule has 0 saturated heterocycles. The van der Waals surface area contributed by atoms with E-state index in [2.05, 4.69) is 20.4 Å². The van der Waals surface area contributed by atoms with E-state index in [1.807, 2.05) is 19.9 Å². The van der Waals surface area contributed by atoms with Gasteiger partial charge in [0.1, 0.15) is 10.7 Å². The molecule has 0 saturated carbocycles. The van der Waals surface area contributed by atoms with Crippen molar-refractivity contribution in [1.29, 1.82) is 0 Å². The Morgan fingerprint density at radius 3 is 2.67 bits per heavy atom. The highest BCUT2D eigenvalue weighted by Crippen LogP contribution is 2.35. The van der Waals surface area contributed by atoms with Gasteiger partial charge in [-0.25, -0.2) is 4.98 Å². The number of aryl methyl sites for hydroxylation is 3. The van der Waals surface area contributed by atoms with Crippen LogP contribution in [0.25, 0.3) is 0 Å². The van der Waals surface area contributed by atoms with Gasteiger partial charge in [0.15, 0.2) is 5.03 Å². The average Bonchev–Trinajstić information content (AvgIpc) is 2.67. The maximum atomic E-state index is 11.3. The van der Waals surface area contributed by atoms with Crippen LogP contribution in [0.2, 0.25) is 0 Å². The van der Waals surface area contributed by atoms with Gasteiger partial charge in [-0.3, -0.25) is 14.8 Å². The maximum absolute atomic E-state index is 11.3. The molecular formula is C12H16N6O2S. The van der Waals surface area contributed by atoms with E-state index in [4.69, 9.17) is 0 Å². The molecular weight excluding hydrogens is 292 g/mol. The second kappa shape index (κ2) is 6.08. The Morgan fingerprint density at radius 2 is 2.14 bits per heavy atom. The molecule has 21 heavy (non-hydrogen) atoms. The van der Waals surface area contributed by atoms with E-state index < -0.39 is 4.92 Å². The van der Waals surface area contributed by atoms with Crippen molar-refractivity contribution in [3.8, 4) is 0 Å². The molecule has 2 aromatic rings. The number of nitrogens with one attached hydrogen (secondary N) is 1. The molecule has 0 atom stereocenters. The van der Waals surface area contributed by atoms with Gasteiger partial charge in [-0.2, -0.15) is 10.1 Å². The maximum Gasteiger partial charge on any atom is 0.322 e. The minimum atomic E-state index is -0.448. The Kier molecular flexibility index (Phi) is 4.41. The summed E-state index contributed by atoms with van der Waals surface area (Å²) in [5, 5.41) is 19.6. The minimum Gasteiger partial charge on any atom is -0.354 e. The minimum absolute atomic E-state index is 0.0690. The second-order valence-corrected chi connectivity index (χ2v) is 5.43. The molecule has 0 radical (unpaired) electrons. The molecule has 0 aliphatic carbocycles. The van der Waals surface area contributed by atoms with Gasteiger partial charge >= 0.3 is 5.69 Å². The third-order valence-corrected chi connectivity index (χ3v) is 3.77. The Hall–Kier alpha value is -2.16. The first-order valence-corrected chi connectivity index (χ1v) is 7.19. The summed E-state index contributed by atoms with van der Waals surface area (Å²) >= 11 is 1.21. The summed E-state index contributed by atoms with van der Waals surface area (Å²) in [6.45, 7) is 6.04. The summed E-state index contributed by atoms with van der Waals surface area (Å²) in [5.41, 5.74) is 1.12. The Labute approximate surface area is 126 Å². The van der Waals surface area contributed by atoms with E-state index in [1.54, 1.807) is 18.7 Å². The van der Waals surface area contributed by atoms with Crippen LogP contribution in [0.3, 0.4) is 0 Å². The Balaban J connectivity index is 2.48. The molecule has 1 N–H and O–H groups in total. The third kappa shape index (κ3) is 3.30. The van der Waals surface area contributed by atoms with Crippen molar-refractivity contribution in [2.24, 2.45) is 7.05 Å². The summed E-state index contributed by atoms with van der Waals surface area (Å²) in [7, 11) is 1.79. The lowest BCUT2D eigenvalue weighted by Crippen LogP contribution is -2.07. The zero-order chi connectivity index (χ0) is 15.6. The summed E-state index contributed by atoms with van der Waals surface area (Å²) < 4.78 is 1.67. The number of nitro groups is 1. The van der Waals surface area contributed by atoms with Crippen LogP contribution in [-0.2, 0) is 7.05 Å². The molecule has 112 valence electrons.